The second kappa shape index (κ2) is 12.2. The average molecular weight is 730 g/mol. The first-order valence-corrected chi connectivity index (χ1v) is 19.2. The first-order valence-electron chi connectivity index (χ1n) is 19.2. The number of furan rings is 2. The van der Waals surface area contributed by atoms with Gasteiger partial charge in [0.05, 0.1) is 5.41 Å². The van der Waals surface area contributed by atoms with Gasteiger partial charge in [-0.05, 0) is 63.7 Å². The Kier molecular flexibility index (Phi) is 6.78. The van der Waals surface area contributed by atoms with Gasteiger partial charge in [0, 0.05) is 38.2 Å². The van der Waals surface area contributed by atoms with Crippen LogP contribution in [0, 0.1) is 0 Å². The minimum atomic E-state index is -0.588. The molecule has 5 heteroatoms. The lowest BCUT2D eigenvalue weighted by Gasteiger charge is -2.34. The molecule has 3 heterocycles. The second-order valence-electron chi connectivity index (χ2n) is 14.7. The van der Waals surface area contributed by atoms with Gasteiger partial charge >= 0.3 is 0 Å². The molecule has 11 aromatic rings. The van der Waals surface area contributed by atoms with Crippen molar-refractivity contribution in [3.05, 3.63) is 210 Å². The Morgan fingerprint density at radius 2 is 0.842 bits per heavy atom. The van der Waals surface area contributed by atoms with Gasteiger partial charge in [0.1, 0.15) is 22.3 Å². The molecular formula is C52H31N3O2. The summed E-state index contributed by atoms with van der Waals surface area (Å²) in [6, 6.07) is 65.7. The van der Waals surface area contributed by atoms with E-state index in [9.17, 15) is 0 Å². The Labute approximate surface area is 327 Å². The number of hydrogen-bond acceptors (Lipinski definition) is 5. The zero-order chi connectivity index (χ0) is 37.5. The molecule has 0 aliphatic heterocycles. The van der Waals surface area contributed by atoms with Gasteiger partial charge in [0.15, 0.2) is 17.5 Å². The molecule has 0 spiro atoms. The monoisotopic (exact) mass is 729 g/mol. The van der Waals surface area contributed by atoms with Crippen LogP contribution < -0.4 is 0 Å². The first-order chi connectivity index (χ1) is 28.2. The summed E-state index contributed by atoms with van der Waals surface area (Å²) in [6.45, 7) is 0. The Hall–Kier alpha value is -7.63. The standard InChI is InChI=1S/C52H31N3O2/c1-2-13-32(14-3-1)49-53-50(55-51(54-49)40-19-12-24-47-48(40)39-18-7-11-23-45(39)57-47)33-25-27-34(28-26-33)52(42-20-8-4-15-36(42)37-16-5-9-21-43(37)52)35-29-30-46-41(31-35)38-17-6-10-22-44(38)56-46/h1-31H. The normalized spacial score (nSPS) is 13.1. The van der Waals surface area contributed by atoms with Gasteiger partial charge in [0.25, 0.3) is 0 Å². The maximum absolute atomic E-state index is 6.31. The van der Waals surface area contributed by atoms with E-state index < -0.39 is 5.41 Å². The van der Waals surface area contributed by atoms with Crippen LogP contribution in [-0.4, -0.2) is 15.0 Å². The van der Waals surface area contributed by atoms with E-state index >= 15 is 0 Å². The van der Waals surface area contributed by atoms with Crippen LogP contribution in [0.5, 0.6) is 0 Å². The van der Waals surface area contributed by atoms with E-state index in [0.29, 0.717) is 17.5 Å². The Bertz CT molecular complexity index is 3320. The lowest BCUT2D eigenvalue weighted by atomic mass is 9.67. The van der Waals surface area contributed by atoms with Gasteiger partial charge in [-0.1, -0.05) is 158 Å². The SMILES string of the molecule is c1ccc(-c2nc(-c3ccc(C4(c5ccc6oc7ccccc7c6c5)c5ccccc5-c5ccccc54)cc3)nc(-c3cccc4oc5ccccc5c34)n2)cc1. The van der Waals surface area contributed by atoms with E-state index in [1.54, 1.807) is 0 Å². The zero-order valence-electron chi connectivity index (χ0n) is 30.6. The van der Waals surface area contributed by atoms with Crippen molar-refractivity contribution >= 4 is 43.9 Å². The molecule has 3 aromatic heterocycles. The average Bonchev–Trinajstić information content (AvgIpc) is 3.95. The molecule has 0 amide bonds. The van der Waals surface area contributed by atoms with Gasteiger partial charge in [-0.3, -0.25) is 0 Å². The summed E-state index contributed by atoms with van der Waals surface area (Å²) in [5.41, 5.74) is 12.8. The van der Waals surface area contributed by atoms with Crippen LogP contribution in [0.25, 0.3) is 89.2 Å². The lowest BCUT2D eigenvalue weighted by molar-refractivity contribution is 0.668. The summed E-state index contributed by atoms with van der Waals surface area (Å²) < 4.78 is 12.6. The highest BCUT2D eigenvalue weighted by molar-refractivity contribution is 6.12. The fourth-order valence-electron chi connectivity index (χ4n) is 9.16. The highest BCUT2D eigenvalue weighted by Gasteiger charge is 2.46. The number of benzene rings is 8. The summed E-state index contributed by atoms with van der Waals surface area (Å²) in [5.74, 6) is 1.80. The highest BCUT2D eigenvalue weighted by atomic mass is 16.3. The second-order valence-corrected chi connectivity index (χ2v) is 14.7. The third-order valence-corrected chi connectivity index (χ3v) is 11.6. The van der Waals surface area contributed by atoms with Crippen LogP contribution in [0.2, 0.25) is 0 Å². The van der Waals surface area contributed by atoms with Crippen molar-refractivity contribution in [2.45, 2.75) is 5.41 Å². The maximum atomic E-state index is 6.31. The van der Waals surface area contributed by atoms with Crippen molar-refractivity contribution in [2.24, 2.45) is 0 Å². The zero-order valence-corrected chi connectivity index (χ0v) is 30.6. The third-order valence-electron chi connectivity index (χ3n) is 11.6. The molecule has 8 aromatic carbocycles. The van der Waals surface area contributed by atoms with Crippen molar-refractivity contribution < 1.29 is 8.83 Å². The molecule has 0 radical (unpaired) electrons. The number of nitrogens with zero attached hydrogens (tertiary/aromatic N) is 3. The van der Waals surface area contributed by atoms with Crippen molar-refractivity contribution in [1.82, 2.24) is 15.0 Å². The van der Waals surface area contributed by atoms with Gasteiger partial charge in [-0.15, -0.1) is 0 Å². The Morgan fingerprint density at radius 1 is 0.333 bits per heavy atom. The molecule has 0 fully saturated rings. The van der Waals surface area contributed by atoms with Gasteiger partial charge < -0.3 is 8.83 Å². The molecule has 0 saturated carbocycles. The molecule has 57 heavy (non-hydrogen) atoms. The minimum absolute atomic E-state index is 0.588. The fourth-order valence-corrected chi connectivity index (χ4v) is 9.16. The third kappa shape index (κ3) is 4.66. The number of para-hydroxylation sites is 2. The van der Waals surface area contributed by atoms with Crippen LogP contribution in [-0.2, 0) is 5.41 Å². The molecule has 0 atom stereocenters. The molecular weight excluding hydrogens is 699 g/mol. The van der Waals surface area contributed by atoms with Crippen LogP contribution in [0.4, 0.5) is 0 Å². The molecule has 0 N–H and O–H groups in total. The topological polar surface area (TPSA) is 65.0 Å². The number of rotatable bonds is 5. The predicted octanol–water partition coefficient (Wildman–Crippen LogP) is 13.0. The molecule has 0 unspecified atom stereocenters. The maximum Gasteiger partial charge on any atom is 0.164 e. The number of fused-ring (bicyclic) bond motifs is 9. The van der Waals surface area contributed by atoms with E-state index in [0.717, 1.165) is 66.1 Å². The van der Waals surface area contributed by atoms with E-state index in [4.69, 9.17) is 23.8 Å². The van der Waals surface area contributed by atoms with Gasteiger partial charge in [0.2, 0.25) is 0 Å². The number of hydrogen-bond donors (Lipinski definition) is 0. The predicted molar refractivity (Wildman–Crippen MR) is 228 cm³/mol. The molecule has 12 rings (SSSR count). The van der Waals surface area contributed by atoms with Crippen molar-refractivity contribution in [1.29, 1.82) is 0 Å². The molecule has 1 aliphatic rings. The Morgan fingerprint density at radius 3 is 1.58 bits per heavy atom. The lowest BCUT2D eigenvalue weighted by Crippen LogP contribution is -2.28. The first kappa shape index (κ1) is 31.7. The van der Waals surface area contributed by atoms with Crippen LogP contribution in [0.1, 0.15) is 22.3 Å². The summed E-state index contributed by atoms with van der Waals surface area (Å²) in [7, 11) is 0. The van der Waals surface area contributed by atoms with Gasteiger partial charge in [-0.2, -0.15) is 0 Å². The summed E-state index contributed by atoms with van der Waals surface area (Å²) in [6.07, 6.45) is 0. The van der Waals surface area contributed by atoms with Crippen molar-refractivity contribution in [3.63, 3.8) is 0 Å². The van der Waals surface area contributed by atoms with E-state index in [2.05, 4.69) is 115 Å². The van der Waals surface area contributed by atoms with Crippen molar-refractivity contribution in [2.75, 3.05) is 0 Å². The van der Waals surface area contributed by atoms with Crippen LogP contribution in [0.15, 0.2) is 197 Å². The largest absolute Gasteiger partial charge is 0.456 e. The van der Waals surface area contributed by atoms with E-state index in [1.807, 2.05) is 72.8 Å². The summed E-state index contributed by atoms with van der Waals surface area (Å²) >= 11 is 0. The molecule has 0 saturated heterocycles. The minimum Gasteiger partial charge on any atom is -0.456 e. The number of aromatic nitrogens is 3. The summed E-state index contributed by atoms with van der Waals surface area (Å²) in [4.78, 5) is 15.4. The smallest absolute Gasteiger partial charge is 0.164 e. The Balaban J connectivity index is 1.07. The molecule has 1 aliphatic carbocycles. The molecule has 5 nitrogen and oxygen atoms in total. The van der Waals surface area contributed by atoms with Gasteiger partial charge in [-0.25, -0.2) is 15.0 Å². The highest BCUT2D eigenvalue weighted by Crippen LogP contribution is 2.56. The van der Waals surface area contributed by atoms with Crippen LogP contribution >= 0.6 is 0 Å². The molecule has 266 valence electrons. The van der Waals surface area contributed by atoms with Crippen molar-refractivity contribution in [3.8, 4) is 45.3 Å². The van der Waals surface area contributed by atoms with E-state index in [-0.39, 0.29) is 0 Å². The van der Waals surface area contributed by atoms with Crippen LogP contribution in [0.3, 0.4) is 0 Å². The fraction of sp³-hybridized carbons (Fsp3) is 0.0192. The van der Waals surface area contributed by atoms with E-state index in [1.165, 1.54) is 27.8 Å². The summed E-state index contributed by atoms with van der Waals surface area (Å²) in [5, 5.41) is 4.23. The molecule has 0 bridgehead atoms. The quantitative estimate of drug-likeness (QED) is 0.176.